The molecule has 0 saturated carbocycles. The zero-order valence-corrected chi connectivity index (χ0v) is 15.3. The van der Waals surface area contributed by atoms with E-state index < -0.39 is 5.97 Å². The number of benzene rings is 1. The van der Waals surface area contributed by atoms with Gasteiger partial charge in [-0.05, 0) is 36.9 Å². The molecule has 1 aromatic heterocycles. The summed E-state index contributed by atoms with van der Waals surface area (Å²) < 4.78 is 5.16. The molecule has 0 spiro atoms. The van der Waals surface area contributed by atoms with Crippen molar-refractivity contribution in [3.8, 4) is 0 Å². The van der Waals surface area contributed by atoms with Crippen LogP contribution in [0.15, 0.2) is 41.8 Å². The first-order chi connectivity index (χ1) is 12.5. The highest BCUT2D eigenvalue weighted by Gasteiger charge is 2.29. The summed E-state index contributed by atoms with van der Waals surface area (Å²) in [6.07, 6.45) is 1.03. The fourth-order valence-corrected chi connectivity index (χ4v) is 3.64. The van der Waals surface area contributed by atoms with Crippen molar-refractivity contribution < 1.29 is 19.1 Å². The normalized spacial score (nSPS) is 16.4. The van der Waals surface area contributed by atoms with Gasteiger partial charge in [0.1, 0.15) is 0 Å². The van der Waals surface area contributed by atoms with Crippen LogP contribution >= 0.6 is 11.3 Å². The lowest BCUT2D eigenvalue weighted by molar-refractivity contribution is -0.147. The Labute approximate surface area is 155 Å². The number of esters is 1. The fraction of sp³-hybridized carbons (Fsp3) is 0.316. The van der Waals surface area contributed by atoms with Crippen molar-refractivity contribution in [2.75, 3.05) is 16.8 Å². The standard InChI is InChI=1S/C19H20N2O4S/c1-13-11-17(22)20-15-6-2-3-7-16(15)21(13)18(23)12-25-19(24)9-8-14-5-4-10-26-14/h2-7,10,13H,8-9,11-12H2,1H3,(H,20,22)/t13-/m1/s1. The Kier molecular flexibility index (Phi) is 5.68. The van der Waals surface area contributed by atoms with Crippen LogP contribution in [0.25, 0.3) is 0 Å². The molecular weight excluding hydrogens is 352 g/mol. The number of nitrogens with zero attached hydrogens (tertiary/aromatic N) is 1. The Morgan fingerprint density at radius 1 is 1.27 bits per heavy atom. The number of anilines is 2. The summed E-state index contributed by atoms with van der Waals surface area (Å²) in [6.45, 7) is 1.47. The van der Waals surface area contributed by atoms with Crippen LogP contribution in [0.2, 0.25) is 0 Å². The molecule has 1 aliphatic heterocycles. The van der Waals surface area contributed by atoms with Crippen molar-refractivity contribution in [3.63, 3.8) is 0 Å². The monoisotopic (exact) mass is 372 g/mol. The highest BCUT2D eigenvalue weighted by Crippen LogP contribution is 2.31. The van der Waals surface area contributed by atoms with E-state index in [1.807, 2.05) is 17.5 Å². The van der Waals surface area contributed by atoms with Gasteiger partial charge in [0.05, 0.1) is 17.8 Å². The van der Waals surface area contributed by atoms with E-state index in [1.54, 1.807) is 42.5 Å². The van der Waals surface area contributed by atoms with Crippen molar-refractivity contribution >= 4 is 40.5 Å². The smallest absolute Gasteiger partial charge is 0.306 e. The predicted octanol–water partition coefficient (Wildman–Crippen LogP) is 2.99. The molecule has 136 valence electrons. The summed E-state index contributed by atoms with van der Waals surface area (Å²) in [4.78, 5) is 39.2. The molecule has 0 unspecified atom stereocenters. The highest BCUT2D eigenvalue weighted by molar-refractivity contribution is 7.09. The zero-order chi connectivity index (χ0) is 18.5. The number of carbonyl (C=O) groups excluding carboxylic acids is 3. The SMILES string of the molecule is C[C@@H]1CC(=O)Nc2ccccc2N1C(=O)COC(=O)CCc1cccs1. The molecule has 2 aromatic rings. The number of nitrogens with one attached hydrogen (secondary N) is 1. The molecule has 7 heteroatoms. The molecule has 0 saturated heterocycles. The summed E-state index contributed by atoms with van der Waals surface area (Å²) in [5.41, 5.74) is 1.20. The predicted molar refractivity (Wildman–Crippen MR) is 100 cm³/mol. The molecule has 26 heavy (non-hydrogen) atoms. The molecule has 0 fully saturated rings. The second-order valence-electron chi connectivity index (χ2n) is 6.12. The number of ether oxygens (including phenoxy) is 1. The van der Waals surface area contributed by atoms with Gasteiger partial charge >= 0.3 is 5.97 Å². The Balaban J connectivity index is 1.63. The lowest BCUT2D eigenvalue weighted by atomic mass is 10.1. The molecule has 1 aromatic carbocycles. The van der Waals surface area contributed by atoms with Crippen LogP contribution in [-0.2, 0) is 25.5 Å². The topological polar surface area (TPSA) is 75.7 Å². The molecule has 1 aliphatic rings. The van der Waals surface area contributed by atoms with Crippen LogP contribution in [-0.4, -0.2) is 30.4 Å². The number of hydrogen-bond donors (Lipinski definition) is 1. The van der Waals surface area contributed by atoms with Gasteiger partial charge in [0.2, 0.25) is 5.91 Å². The van der Waals surface area contributed by atoms with E-state index in [0.29, 0.717) is 17.8 Å². The average Bonchev–Trinajstić information content (AvgIpc) is 3.09. The van der Waals surface area contributed by atoms with E-state index >= 15 is 0 Å². The van der Waals surface area contributed by atoms with E-state index in [1.165, 1.54) is 4.90 Å². The molecule has 3 rings (SSSR count). The van der Waals surface area contributed by atoms with Crippen molar-refractivity contribution in [2.45, 2.75) is 32.2 Å². The first kappa shape index (κ1) is 18.1. The summed E-state index contributed by atoms with van der Waals surface area (Å²) in [5.74, 6) is -0.893. The molecule has 6 nitrogen and oxygen atoms in total. The third-order valence-electron chi connectivity index (χ3n) is 4.14. The van der Waals surface area contributed by atoms with Gasteiger partial charge in [-0.15, -0.1) is 11.3 Å². The number of thiophene rings is 1. The Hall–Kier alpha value is -2.67. The molecule has 0 aliphatic carbocycles. The first-order valence-electron chi connectivity index (χ1n) is 8.43. The van der Waals surface area contributed by atoms with Crippen LogP contribution in [0.4, 0.5) is 11.4 Å². The first-order valence-corrected chi connectivity index (χ1v) is 9.31. The average molecular weight is 372 g/mol. The van der Waals surface area contributed by atoms with Gasteiger partial charge < -0.3 is 15.0 Å². The number of hydrogen-bond acceptors (Lipinski definition) is 5. The Morgan fingerprint density at radius 2 is 2.08 bits per heavy atom. The van der Waals surface area contributed by atoms with Gasteiger partial charge in [0.25, 0.3) is 5.91 Å². The molecule has 1 atom stereocenters. The third kappa shape index (κ3) is 4.29. The van der Waals surface area contributed by atoms with E-state index in [-0.39, 0.29) is 37.3 Å². The molecule has 0 radical (unpaired) electrons. The lowest BCUT2D eigenvalue weighted by Gasteiger charge is -2.27. The zero-order valence-electron chi connectivity index (χ0n) is 14.4. The summed E-state index contributed by atoms with van der Waals surface area (Å²) in [5, 5.41) is 4.76. The quantitative estimate of drug-likeness (QED) is 0.819. The van der Waals surface area contributed by atoms with Gasteiger partial charge in [-0.25, -0.2) is 0 Å². The number of fused-ring (bicyclic) bond motifs is 1. The molecule has 2 amide bonds. The summed E-state index contributed by atoms with van der Waals surface area (Å²) >= 11 is 1.59. The number of amides is 2. The lowest BCUT2D eigenvalue weighted by Crippen LogP contribution is -2.41. The molecular formula is C19H20N2O4S. The molecule has 2 heterocycles. The van der Waals surface area contributed by atoms with Crippen LogP contribution in [0, 0.1) is 0 Å². The van der Waals surface area contributed by atoms with Crippen LogP contribution in [0.5, 0.6) is 0 Å². The second kappa shape index (κ2) is 8.14. The Bertz CT molecular complexity index is 804. The van der Waals surface area contributed by atoms with Gasteiger partial charge in [-0.1, -0.05) is 18.2 Å². The van der Waals surface area contributed by atoms with E-state index in [0.717, 1.165) is 4.88 Å². The van der Waals surface area contributed by atoms with Crippen molar-refractivity contribution in [1.29, 1.82) is 0 Å². The van der Waals surface area contributed by atoms with Crippen molar-refractivity contribution in [1.82, 2.24) is 0 Å². The van der Waals surface area contributed by atoms with Gasteiger partial charge in [-0.2, -0.15) is 0 Å². The summed E-state index contributed by atoms with van der Waals surface area (Å²) in [7, 11) is 0. The Morgan fingerprint density at radius 3 is 2.85 bits per heavy atom. The number of para-hydroxylation sites is 2. The fourth-order valence-electron chi connectivity index (χ4n) is 2.93. The van der Waals surface area contributed by atoms with Gasteiger partial charge in [0.15, 0.2) is 6.61 Å². The maximum atomic E-state index is 12.7. The highest BCUT2D eigenvalue weighted by atomic mass is 32.1. The summed E-state index contributed by atoms with van der Waals surface area (Å²) in [6, 6.07) is 10.7. The minimum Gasteiger partial charge on any atom is -0.456 e. The number of aryl methyl sites for hydroxylation is 1. The molecule has 0 bridgehead atoms. The van der Waals surface area contributed by atoms with Crippen LogP contribution < -0.4 is 10.2 Å². The minimum atomic E-state index is -0.406. The molecule has 1 N–H and O–H groups in total. The van der Waals surface area contributed by atoms with Gasteiger partial charge in [0, 0.05) is 17.3 Å². The van der Waals surface area contributed by atoms with Crippen molar-refractivity contribution in [2.24, 2.45) is 0 Å². The number of rotatable bonds is 5. The third-order valence-corrected chi connectivity index (χ3v) is 5.08. The largest absolute Gasteiger partial charge is 0.456 e. The minimum absolute atomic E-state index is 0.145. The second-order valence-corrected chi connectivity index (χ2v) is 7.15. The van der Waals surface area contributed by atoms with Crippen molar-refractivity contribution in [3.05, 3.63) is 46.7 Å². The van der Waals surface area contributed by atoms with E-state index in [4.69, 9.17) is 4.74 Å². The van der Waals surface area contributed by atoms with E-state index in [2.05, 4.69) is 5.32 Å². The van der Waals surface area contributed by atoms with E-state index in [9.17, 15) is 14.4 Å². The van der Waals surface area contributed by atoms with Crippen LogP contribution in [0.1, 0.15) is 24.6 Å². The van der Waals surface area contributed by atoms with Gasteiger partial charge in [-0.3, -0.25) is 14.4 Å². The maximum absolute atomic E-state index is 12.7. The number of carbonyl (C=O) groups is 3. The maximum Gasteiger partial charge on any atom is 0.306 e. The van der Waals surface area contributed by atoms with Crippen LogP contribution in [0.3, 0.4) is 0 Å².